The number of hydrogen-bond donors (Lipinski definition) is 1. The molecule has 0 aromatic heterocycles. The van der Waals surface area contributed by atoms with Crippen molar-refractivity contribution < 1.29 is 24.1 Å². The molecule has 0 aliphatic carbocycles. The molecular formula is C19H14BrN3O7. The fourth-order valence-corrected chi connectivity index (χ4v) is 3.74. The lowest BCUT2D eigenvalue weighted by Gasteiger charge is -2.14. The van der Waals surface area contributed by atoms with Crippen LogP contribution in [-0.4, -0.2) is 30.0 Å². The van der Waals surface area contributed by atoms with E-state index in [1.807, 2.05) is 12.1 Å². The summed E-state index contributed by atoms with van der Waals surface area (Å²) in [6.07, 6.45) is 0. The zero-order chi connectivity index (χ0) is 22.0. The second kappa shape index (κ2) is 8.33. The molecule has 0 aliphatic heterocycles. The number of carbonyl (C=O) groups is 1. The number of nitro benzene ring substituents is 2. The minimum absolute atomic E-state index is 0.134. The summed E-state index contributed by atoms with van der Waals surface area (Å²) < 4.78 is 10.7. The monoisotopic (exact) mass is 475 g/mol. The first kappa shape index (κ1) is 21.0. The zero-order valence-corrected chi connectivity index (χ0v) is 17.3. The van der Waals surface area contributed by atoms with Crippen LogP contribution >= 0.6 is 15.9 Å². The van der Waals surface area contributed by atoms with Crippen LogP contribution in [0.1, 0.15) is 10.4 Å². The Bertz CT molecular complexity index is 1160. The van der Waals surface area contributed by atoms with Gasteiger partial charge in [0.1, 0.15) is 5.75 Å². The lowest BCUT2D eigenvalue weighted by molar-refractivity contribution is -0.395. The second-order valence-electron chi connectivity index (χ2n) is 6.01. The lowest BCUT2D eigenvalue weighted by atomic mass is 10.0. The summed E-state index contributed by atoms with van der Waals surface area (Å²) >= 11 is 3.43. The number of hydrogen-bond acceptors (Lipinski definition) is 7. The van der Waals surface area contributed by atoms with Gasteiger partial charge in [0, 0.05) is 12.1 Å². The Morgan fingerprint density at radius 2 is 1.53 bits per heavy atom. The number of rotatable bonds is 6. The molecule has 3 aromatic rings. The van der Waals surface area contributed by atoms with Crippen LogP contribution in [0.4, 0.5) is 17.1 Å². The predicted octanol–water partition coefficient (Wildman–Crippen LogP) is 4.69. The van der Waals surface area contributed by atoms with Gasteiger partial charge in [-0.25, -0.2) is 0 Å². The predicted molar refractivity (Wildman–Crippen MR) is 112 cm³/mol. The van der Waals surface area contributed by atoms with Gasteiger partial charge in [0.2, 0.25) is 0 Å². The van der Waals surface area contributed by atoms with Crippen LogP contribution in [0.15, 0.2) is 46.9 Å². The average Bonchev–Trinajstić information content (AvgIpc) is 2.72. The Labute approximate surface area is 177 Å². The Morgan fingerprint density at radius 1 is 0.967 bits per heavy atom. The van der Waals surface area contributed by atoms with Crippen molar-refractivity contribution in [2.45, 2.75) is 0 Å². The smallest absolute Gasteiger partial charge is 0.320 e. The molecule has 154 valence electrons. The van der Waals surface area contributed by atoms with Crippen molar-refractivity contribution in [2.24, 2.45) is 0 Å². The maximum Gasteiger partial charge on any atom is 0.320 e. The van der Waals surface area contributed by atoms with Crippen molar-refractivity contribution in [1.82, 2.24) is 0 Å². The van der Waals surface area contributed by atoms with Crippen molar-refractivity contribution in [3.8, 4) is 11.5 Å². The number of nitro groups is 2. The van der Waals surface area contributed by atoms with E-state index in [2.05, 4.69) is 21.2 Å². The molecule has 30 heavy (non-hydrogen) atoms. The zero-order valence-electron chi connectivity index (χ0n) is 15.7. The summed E-state index contributed by atoms with van der Waals surface area (Å²) in [6.45, 7) is 0. The van der Waals surface area contributed by atoms with Crippen molar-refractivity contribution in [2.75, 3.05) is 19.5 Å². The maximum atomic E-state index is 12.9. The fourth-order valence-electron chi connectivity index (χ4n) is 3.00. The molecule has 11 heteroatoms. The Kier molecular flexibility index (Phi) is 5.83. The molecule has 0 saturated heterocycles. The molecule has 0 atom stereocenters. The van der Waals surface area contributed by atoms with Gasteiger partial charge < -0.3 is 14.8 Å². The molecule has 0 radical (unpaired) electrons. The first-order valence-corrected chi connectivity index (χ1v) is 9.15. The van der Waals surface area contributed by atoms with E-state index in [0.29, 0.717) is 4.47 Å². The van der Waals surface area contributed by atoms with Crippen LogP contribution in [0.3, 0.4) is 0 Å². The third-order valence-corrected chi connectivity index (χ3v) is 5.08. The number of ether oxygens (including phenoxy) is 2. The van der Waals surface area contributed by atoms with Gasteiger partial charge in [0.05, 0.1) is 39.8 Å². The number of amides is 1. The first-order valence-electron chi connectivity index (χ1n) is 8.35. The quantitative estimate of drug-likeness (QED) is 0.403. The number of benzene rings is 3. The lowest BCUT2D eigenvalue weighted by Crippen LogP contribution is -2.14. The number of methoxy groups -OCH3 is 2. The van der Waals surface area contributed by atoms with Gasteiger partial charge in [-0.2, -0.15) is 0 Å². The van der Waals surface area contributed by atoms with Crippen molar-refractivity contribution >= 4 is 49.7 Å². The van der Waals surface area contributed by atoms with E-state index in [9.17, 15) is 25.0 Å². The van der Waals surface area contributed by atoms with Gasteiger partial charge in [-0.15, -0.1) is 0 Å². The standard InChI is InChI=1S/C19H14BrN3O7/c1-29-17-13(7-10-5-3-4-6-12(10)16(17)20)19(24)21-11-8-14(22(25)26)18(30-2)15(9-11)23(27)28/h3-9H,1-2H3,(H,21,24). The number of fused-ring (bicyclic) bond motifs is 1. The summed E-state index contributed by atoms with van der Waals surface area (Å²) in [5.41, 5.74) is -1.28. The average molecular weight is 476 g/mol. The molecule has 0 saturated carbocycles. The molecule has 3 aromatic carbocycles. The Morgan fingerprint density at radius 3 is 2.07 bits per heavy atom. The van der Waals surface area contributed by atoms with Gasteiger partial charge in [-0.1, -0.05) is 24.3 Å². The summed E-state index contributed by atoms with van der Waals surface area (Å²) in [6, 6.07) is 10.9. The van der Waals surface area contributed by atoms with Gasteiger partial charge in [-0.05, 0) is 32.8 Å². The highest BCUT2D eigenvalue weighted by molar-refractivity contribution is 9.10. The normalized spacial score (nSPS) is 10.5. The van der Waals surface area contributed by atoms with Crippen LogP contribution < -0.4 is 14.8 Å². The molecule has 0 fully saturated rings. The highest BCUT2D eigenvalue weighted by Gasteiger charge is 2.29. The molecule has 3 rings (SSSR count). The minimum atomic E-state index is -0.825. The highest BCUT2D eigenvalue weighted by Crippen LogP contribution is 2.40. The molecular weight excluding hydrogens is 462 g/mol. The van der Waals surface area contributed by atoms with E-state index in [1.54, 1.807) is 18.2 Å². The van der Waals surface area contributed by atoms with Crippen molar-refractivity contribution in [3.05, 3.63) is 72.7 Å². The first-order chi connectivity index (χ1) is 14.3. The molecule has 1 N–H and O–H groups in total. The topological polar surface area (TPSA) is 134 Å². The Hall–Kier alpha value is -3.73. The van der Waals surface area contributed by atoms with Gasteiger partial charge in [0.15, 0.2) is 0 Å². The van der Waals surface area contributed by atoms with Gasteiger partial charge in [-0.3, -0.25) is 25.0 Å². The van der Waals surface area contributed by atoms with Gasteiger partial charge in [0.25, 0.3) is 11.7 Å². The maximum absolute atomic E-state index is 12.9. The molecule has 0 aliphatic rings. The SMILES string of the molecule is COc1c([N+](=O)[O-])cc(NC(=O)c2cc3ccccc3c(Br)c2OC)cc1[N+](=O)[O-]. The van der Waals surface area contributed by atoms with Crippen LogP contribution in [-0.2, 0) is 0 Å². The molecule has 0 spiro atoms. The van der Waals surface area contributed by atoms with Crippen LogP contribution in [0, 0.1) is 20.2 Å². The number of carbonyl (C=O) groups excluding carboxylic acids is 1. The third kappa shape index (κ3) is 3.74. The van der Waals surface area contributed by atoms with Crippen LogP contribution in [0.25, 0.3) is 10.8 Å². The molecule has 0 heterocycles. The number of nitrogens with one attached hydrogen (secondary N) is 1. The van der Waals surface area contributed by atoms with Crippen LogP contribution in [0.5, 0.6) is 11.5 Å². The summed E-state index contributed by atoms with van der Waals surface area (Å²) in [5.74, 6) is -0.912. The molecule has 1 amide bonds. The summed E-state index contributed by atoms with van der Waals surface area (Å²) in [5, 5.41) is 26.7. The van der Waals surface area contributed by atoms with Crippen molar-refractivity contribution in [3.63, 3.8) is 0 Å². The van der Waals surface area contributed by atoms with E-state index in [0.717, 1.165) is 30.0 Å². The van der Waals surface area contributed by atoms with E-state index in [4.69, 9.17) is 9.47 Å². The summed E-state index contributed by atoms with van der Waals surface area (Å²) in [4.78, 5) is 33.9. The van der Waals surface area contributed by atoms with E-state index >= 15 is 0 Å². The fraction of sp³-hybridized carbons (Fsp3) is 0.105. The van der Waals surface area contributed by atoms with Gasteiger partial charge >= 0.3 is 11.4 Å². The van der Waals surface area contributed by atoms with Crippen LogP contribution in [0.2, 0.25) is 0 Å². The van der Waals surface area contributed by atoms with E-state index in [1.165, 1.54) is 7.11 Å². The minimum Gasteiger partial charge on any atom is -0.495 e. The third-order valence-electron chi connectivity index (χ3n) is 4.29. The number of anilines is 1. The molecule has 0 unspecified atom stereocenters. The molecule has 10 nitrogen and oxygen atoms in total. The second-order valence-corrected chi connectivity index (χ2v) is 6.80. The van der Waals surface area contributed by atoms with Crippen molar-refractivity contribution in [1.29, 1.82) is 0 Å². The number of halogens is 1. The Balaban J connectivity index is 2.10. The highest BCUT2D eigenvalue weighted by atomic mass is 79.9. The van der Waals surface area contributed by atoms with E-state index < -0.39 is 32.9 Å². The van der Waals surface area contributed by atoms with E-state index in [-0.39, 0.29) is 17.0 Å². The molecule has 0 bridgehead atoms. The number of nitrogens with zero attached hydrogens (tertiary/aromatic N) is 2. The summed E-state index contributed by atoms with van der Waals surface area (Å²) in [7, 11) is 2.49. The largest absolute Gasteiger partial charge is 0.495 e.